The molecule has 1 aromatic heterocycles. The van der Waals surface area contributed by atoms with Gasteiger partial charge in [-0.05, 0) is 30.7 Å². The molecule has 2 aromatic rings. The third kappa shape index (κ3) is 1.44. The lowest BCUT2D eigenvalue weighted by Crippen LogP contribution is -2.12. The van der Waals surface area contributed by atoms with Crippen molar-refractivity contribution in [2.24, 2.45) is 0 Å². The maximum Gasteiger partial charge on any atom is 0.182 e. The summed E-state index contributed by atoms with van der Waals surface area (Å²) in [4.78, 5) is 1.96. The fraction of sp³-hybridized carbons (Fsp3) is 0.308. The van der Waals surface area contributed by atoms with E-state index in [4.69, 9.17) is 10.1 Å². The fourth-order valence-electron chi connectivity index (χ4n) is 2.44. The number of nitrogens with one attached hydrogen (secondary N) is 1. The lowest BCUT2D eigenvalue weighted by atomic mass is 10.1. The van der Waals surface area contributed by atoms with Gasteiger partial charge >= 0.3 is 0 Å². The zero-order valence-electron chi connectivity index (χ0n) is 9.91. The number of thiazole rings is 1. The van der Waals surface area contributed by atoms with Crippen molar-refractivity contribution in [3.63, 3.8) is 0 Å². The van der Waals surface area contributed by atoms with Gasteiger partial charge in [-0.25, -0.2) is 0 Å². The molecular formula is C13H14N2OS. The smallest absolute Gasteiger partial charge is 0.182 e. The highest BCUT2D eigenvalue weighted by molar-refractivity contribution is 7.09. The van der Waals surface area contributed by atoms with Crippen molar-refractivity contribution in [2.45, 2.75) is 19.9 Å². The molecule has 88 valence electrons. The van der Waals surface area contributed by atoms with E-state index in [1.807, 2.05) is 6.07 Å². The van der Waals surface area contributed by atoms with Crippen molar-refractivity contribution < 1.29 is 4.74 Å². The van der Waals surface area contributed by atoms with Gasteiger partial charge in [-0.3, -0.25) is 5.41 Å². The first-order valence-corrected chi connectivity index (χ1v) is 6.50. The molecule has 0 aliphatic heterocycles. The minimum absolute atomic E-state index is 0.652. The van der Waals surface area contributed by atoms with Crippen LogP contribution in [0.3, 0.4) is 0 Å². The van der Waals surface area contributed by atoms with E-state index in [-0.39, 0.29) is 0 Å². The third-order valence-electron chi connectivity index (χ3n) is 3.23. The Morgan fingerprint density at radius 1 is 1.47 bits per heavy atom. The van der Waals surface area contributed by atoms with E-state index in [0.717, 1.165) is 18.7 Å². The van der Waals surface area contributed by atoms with Gasteiger partial charge in [0.15, 0.2) is 4.80 Å². The van der Waals surface area contributed by atoms with Crippen LogP contribution in [0.2, 0.25) is 0 Å². The van der Waals surface area contributed by atoms with E-state index in [1.54, 1.807) is 18.4 Å². The summed E-state index contributed by atoms with van der Waals surface area (Å²) in [7, 11) is 1.70. The minimum Gasteiger partial charge on any atom is -0.497 e. The summed E-state index contributed by atoms with van der Waals surface area (Å²) in [5.41, 5.74) is 3.81. The van der Waals surface area contributed by atoms with Crippen LogP contribution in [0.15, 0.2) is 18.2 Å². The number of benzene rings is 1. The van der Waals surface area contributed by atoms with Crippen molar-refractivity contribution in [3.8, 4) is 17.0 Å². The Hall–Kier alpha value is -1.55. The number of aromatic nitrogens is 1. The van der Waals surface area contributed by atoms with Gasteiger partial charge in [-0.1, -0.05) is 0 Å². The van der Waals surface area contributed by atoms with E-state index in [9.17, 15) is 0 Å². The van der Waals surface area contributed by atoms with E-state index in [0.29, 0.717) is 4.80 Å². The van der Waals surface area contributed by atoms with E-state index in [2.05, 4.69) is 23.6 Å². The molecule has 1 heterocycles. The molecule has 3 nitrogen and oxygen atoms in total. The standard InChI is InChI=1S/C13H14N2OS/c1-3-15-12-10-5-4-9(16-2)6-8(10)7-11(12)17-13(15)14/h4-6,14H,3,7H2,1-2H3. The van der Waals surface area contributed by atoms with Crippen LogP contribution in [0, 0.1) is 5.41 Å². The first kappa shape index (κ1) is 10.6. The fourth-order valence-corrected chi connectivity index (χ4v) is 3.55. The van der Waals surface area contributed by atoms with Crippen LogP contribution in [-0.2, 0) is 13.0 Å². The Kier molecular flexibility index (Phi) is 2.33. The molecule has 0 atom stereocenters. The summed E-state index contributed by atoms with van der Waals surface area (Å²) in [6.07, 6.45) is 0.936. The molecule has 0 radical (unpaired) electrons. The second-order valence-electron chi connectivity index (χ2n) is 4.12. The largest absolute Gasteiger partial charge is 0.497 e. The van der Waals surface area contributed by atoms with Crippen LogP contribution in [0.4, 0.5) is 0 Å². The van der Waals surface area contributed by atoms with Gasteiger partial charge in [0, 0.05) is 23.4 Å². The molecular weight excluding hydrogens is 232 g/mol. The molecule has 3 rings (SSSR count). The number of nitrogens with zero attached hydrogens (tertiary/aromatic N) is 1. The first-order chi connectivity index (χ1) is 8.24. The van der Waals surface area contributed by atoms with Crippen LogP contribution in [0.5, 0.6) is 5.75 Å². The molecule has 0 bridgehead atoms. The van der Waals surface area contributed by atoms with Gasteiger partial charge < -0.3 is 9.30 Å². The number of fused-ring (bicyclic) bond motifs is 3. The highest BCUT2D eigenvalue weighted by Crippen LogP contribution is 2.39. The molecule has 0 saturated heterocycles. The minimum atomic E-state index is 0.652. The average molecular weight is 246 g/mol. The summed E-state index contributed by atoms with van der Waals surface area (Å²) in [5, 5.41) is 7.95. The summed E-state index contributed by atoms with van der Waals surface area (Å²) < 4.78 is 7.34. The highest BCUT2D eigenvalue weighted by Gasteiger charge is 2.24. The molecule has 1 aliphatic carbocycles. The van der Waals surface area contributed by atoms with Gasteiger partial charge in [0.1, 0.15) is 5.75 Å². The molecule has 1 aromatic carbocycles. The van der Waals surface area contributed by atoms with Crippen LogP contribution < -0.4 is 9.54 Å². The molecule has 1 N–H and O–H groups in total. The first-order valence-electron chi connectivity index (χ1n) is 5.69. The Morgan fingerprint density at radius 2 is 2.29 bits per heavy atom. The number of hydrogen-bond donors (Lipinski definition) is 1. The van der Waals surface area contributed by atoms with Crippen LogP contribution >= 0.6 is 11.3 Å². The topological polar surface area (TPSA) is 38.0 Å². The van der Waals surface area contributed by atoms with Crippen molar-refractivity contribution in [1.82, 2.24) is 4.57 Å². The number of ether oxygens (including phenoxy) is 1. The Morgan fingerprint density at radius 3 is 3.00 bits per heavy atom. The second-order valence-corrected chi connectivity index (χ2v) is 5.21. The van der Waals surface area contributed by atoms with Gasteiger partial charge in [0.2, 0.25) is 0 Å². The molecule has 4 heteroatoms. The lowest BCUT2D eigenvalue weighted by Gasteiger charge is -2.07. The Balaban J connectivity index is 2.22. The lowest BCUT2D eigenvalue weighted by molar-refractivity contribution is 0.414. The summed E-state index contributed by atoms with van der Waals surface area (Å²) in [6, 6.07) is 6.21. The molecule has 0 unspecified atom stereocenters. The van der Waals surface area contributed by atoms with E-state index >= 15 is 0 Å². The van der Waals surface area contributed by atoms with Crippen molar-refractivity contribution in [2.75, 3.05) is 7.11 Å². The summed E-state index contributed by atoms with van der Waals surface area (Å²) >= 11 is 1.59. The van der Waals surface area contributed by atoms with Gasteiger partial charge in [-0.2, -0.15) is 0 Å². The Labute approximate surface area is 104 Å². The van der Waals surface area contributed by atoms with Crippen LogP contribution in [-0.4, -0.2) is 11.7 Å². The Bertz CT molecular complexity index is 639. The van der Waals surface area contributed by atoms with E-state index in [1.165, 1.54) is 21.7 Å². The quantitative estimate of drug-likeness (QED) is 0.741. The number of hydrogen-bond acceptors (Lipinski definition) is 3. The zero-order chi connectivity index (χ0) is 12.0. The molecule has 0 fully saturated rings. The molecule has 0 spiro atoms. The number of methoxy groups -OCH3 is 1. The van der Waals surface area contributed by atoms with Crippen molar-refractivity contribution in [3.05, 3.63) is 33.4 Å². The number of rotatable bonds is 2. The SMILES string of the molecule is CCn1c2c(sc1=N)Cc1cc(OC)ccc1-2. The van der Waals surface area contributed by atoms with Crippen LogP contribution in [0.1, 0.15) is 17.4 Å². The molecule has 17 heavy (non-hydrogen) atoms. The third-order valence-corrected chi connectivity index (χ3v) is 4.23. The van der Waals surface area contributed by atoms with Gasteiger partial charge in [-0.15, -0.1) is 11.3 Å². The maximum atomic E-state index is 7.95. The monoisotopic (exact) mass is 246 g/mol. The van der Waals surface area contributed by atoms with Crippen LogP contribution in [0.25, 0.3) is 11.3 Å². The molecule has 0 saturated carbocycles. The maximum absolute atomic E-state index is 7.95. The predicted octanol–water partition coefficient (Wildman–Crippen LogP) is 2.63. The van der Waals surface area contributed by atoms with Crippen molar-refractivity contribution in [1.29, 1.82) is 5.41 Å². The van der Waals surface area contributed by atoms with Gasteiger partial charge in [0.05, 0.1) is 12.8 Å². The predicted molar refractivity (Wildman–Crippen MR) is 68.6 cm³/mol. The molecule has 0 amide bonds. The molecule has 1 aliphatic rings. The second kappa shape index (κ2) is 3.74. The summed E-state index contributed by atoms with van der Waals surface area (Å²) in [5.74, 6) is 0.910. The van der Waals surface area contributed by atoms with Gasteiger partial charge in [0.25, 0.3) is 0 Å². The normalized spacial score (nSPS) is 12.4. The highest BCUT2D eigenvalue weighted by atomic mass is 32.1. The van der Waals surface area contributed by atoms with Crippen molar-refractivity contribution >= 4 is 11.3 Å². The summed E-state index contributed by atoms with van der Waals surface area (Å²) in [6.45, 7) is 2.95. The van der Waals surface area contributed by atoms with E-state index < -0.39 is 0 Å². The zero-order valence-corrected chi connectivity index (χ0v) is 10.7. The average Bonchev–Trinajstić information content (AvgIpc) is 2.82.